The van der Waals surface area contributed by atoms with Crippen LogP contribution in [0, 0.1) is 6.92 Å². The predicted molar refractivity (Wildman–Crippen MR) is 100.0 cm³/mol. The fourth-order valence-electron chi connectivity index (χ4n) is 2.32. The van der Waals surface area contributed by atoms with Crippen molar-refractivity contribution in [3.8, 4) is 0 Å². The van der Waals surface area contributed by atoms with Gasteiger partial charge in [0, 0.05) is 20.9 Å². The van der Waals surface area contributed by atoms with E-state index in [1.54, 1.807) is 12.1 Å². The number of carbonyl (C=O) groups is 2. The van der Waals surface area contributed by atoms with Crippen molar-refractivity contribution >= 4 is 43.7 Å². The quantitative estimate of drug-likeness (QED) is 0.693. The molecular weight excluding hydrogens is 438 g/mol. The number of nitrogens with one attached hydrogen (secondary N) is 1. The lowest BCUT2D eigenvalue weighted by Gasteiger charge is -2.18. The van der Waals surface area contributed by atoms with E-state index in [2.05, 4.69) is 37.2 Å². The lowest BCUT2D eigenvalue weighted by Crippen LogP contribution is -2.43. The van der Waals surface area contributed by atoms with Crippen LogP contribution in [-0.2, 0) is 16.0 Å². The molecule has 0 saturated carbocycles. The molecule has 0 aliphatic rings. The summed E-state index contributed by atoms with van der Waals surface area (Å²) in [6.45, 7) is 1.97. The largest absolute Gasteiger partial charge is 0.467 e. The Morgan fingerprint density at radius 2 is 1.75 bits per heavy atom. The summed E-state index contributed by atoms with van der Waals surface area (Å²) in [5.74, 6) is -0.804. The van der Waals surface area contributed by atoms with Crippen molar-refractivity contribution in [2.75, 3.05) is 7.11 Å². The first kappa shape index (κ1) is 18.7. The van der Waals surface area contributed by atoms with E-state index in [4.69, 9.17) is 4.74 Å². The second-order valence-electron chi connectivity index (χ2n) is 5.34. The third-order valence-electron chi connectivity index (χ3n) is 3.60. The third-order valence-corrected chi connectivity index (χ3v) is 4.52. The molecule has 2 aromatic carbocycles. The van der Waals surface area contributed by atoms with E-state index in [-0.39, 0.29) is 5.91 Å². The summed E-state index contributed by atoms with van der Waals surface area (Å²) in [5, 5.41) is 2.76. The highest BCUT2D eigenvalue weighted by Crippen LogP contribution is 2.20. The van der Waals surface area contributed by atoms with Crippen LogP contribution in [0.4, 0.5) is 0 Å². The molecule has 0 aliphatic carbocycles. The van der Waals surface area contributed by atoms with E-state index >= 15 is 0 Å². The van der Waals surface area contributed by atoms with E-state index in [1.807, 2.05) is 37.3 Å². The molecule has 1 amide bonds. The maximum absolute atomic E-state index is 12.5. The van der Waals surface area contributed by atoms with Crippen LogP contribution in [0.1, 0.15) is 21.5 Å². The Morgan fingerprint density at radius 3 is 2.33 bits per heavy atom. The first-order valence-electron chi connectivity index (χ1n) is 7.30. The number of hydrogen-bond acceptors (Lipinski definition) is 3. The number of rotatable bonds is 5. The van der Waals surface area contributed by atoms with E-state index in [1.165, 1.54) is 7.11 Å². The number of esters is 1. The molecule has 0 heterocycles. The normalized spacial score (nSPS) is 11.7. The molecule has 0 bridgehead atoms. The number of benzene rings is 2. The van der Waals surface area contributed by atoms with Crippen molar-refractivity contribution in [3.05, 3.63) is 68.1 Å². The summed E-state index contributed by atoms with van der Waals surface area (Å²) in [5.41, 5.74) is 2.50. The van der Waals surface area contributed by atoms with Gasteiger partial charge in [0.15, 0.2) is 0 Å². The Kier molecular flexibility index (Phi) is 6.57. The number of halogens is 2. The van der Waals surface area contributed by atoms with Crippen LogP contribution >= 0.6 is 31.9 Å². The van der Waals surface area contributed by atoms with Crippen molar-refractivity contribution in [3.63, 3.8) is 0 Å². The topological polar surface area (TPSA) is 55.4 Å². The number of ether oxygens (including phenoxy) is 1. The van der Waals surface area contributed by atoms with Gasteiger partial charge < -0.3 is 10.1 Å². The van der Waals surface area contributed by atoms with Crippen LogP contribution in [0.3, 0.4) is 0 Å². The van der Waals surface area contributed by atoms with E-state index in [9.17, 15) is 9.59 Å². The summed E-state index contributed by atoms with van der Waals surface area (Å²) >= 11 is 6.70. The van der Waals surface area contributed by atoms with Crippen molar-refractivity contribution in [1.29, 1.82) is 0 Å². The summed E-state index contributed by atoms with van der Waals surface area (Å²) < 4.78 is 6.38. The Hall–Kier alpha value is -1.66. The Morgan fingerprint density at radius 1 is 1.12 bits per heavy atom. The monoisotopic (exact) mass is 453 g/mol. The van der Waals surface area contributed by atoms with Crippen LogP contribution in [0.5, 0.6) is 0 Å². The van der Waals surface area contributed by atoms with Gasteiger partial charge in [-0.1, -0.05) is 56.1 Å². The van der Waals surface area contributed by atoms with Gasteiger partial charge in [-0.25, -0.2) is 4.79 Å². The molecule has 2 aromatic rings. The molecule has 0 radical (unpaired) electrons. The minimum Gasteiger partial charge on any atom is -0.467 e. The van der Waals surface area contributed by atoms with Gasteiger partial charge in [-0.3, -0.25) is 4.79 Å². The zero-order chi connectivity index (χ0) is 17.7. The van der Waals surface area contributed by atoms with Crippen molar-refractivity contribution in [1.82, 2.24) is 5.32 Å². The summed E-state index contributed by atoms with van der Waals surface area (Å²) in [4.78, 5) is 24.6. The zero-order valence-corrected chi connectivity index (χ0v) is 16.5. The van der Waals surface area contributed by atoms with Gasteiger partial charge in [0.05, 0.1) is 7.11 Å². The molecule has 0 aromatic heterocycles. The van der Waals surface area contributed by atoms with Crippen molar-refractivity contribution in [2.45, 2.75) is 19.4 Å². The average Bonchev–Trinajstić information content (AvgIpc) is 2.54. The zero-order valence-electron chi connectivity index (χ0n) is 13.3. The highest BCUT2D eigenvalue weighted by Gasteiger charge is 2.23. The van der Waals surface area contributed by atoms with E-state index in [0.29, 0.717) is 12.0 Å². The average molecular weight is 455 g/mol. The molecule has 0 aliphatic heterocycles. The van der Waals surface area contributed by atoms with Gasteiger partial charge in [-0.2, -0.15) is 0 Å². The van der Waals surface area contributed by atoms with Crippen molar-refractivity contribution in [2.24, 2.45) is 0 Å². The summed E-state index contributed by atoms with van der Waals surface area (Å²) in [6.07, 6.45) is 0.375. The highest BCUT2D eigenvalue weighted by atomic mass is 79.9. The maximum Gasteiger partial charge on any atom is 0.328 e. The fourth-order valence-corrected chi connectivity index (χ4v) is 3.61. The molecule has 0 spiro atoms. The molecule has 4 nitrogen and oxygen atoms in total. The minimum absolute atomic E-state index is 0.332. The Bertz CT molecular complexity index is 741. The SMILES string of the molecule is COC(=O)[C@@H](Cc1ccccc1C)NC(=O)c1cc(Br)cc(Br)c1. The highest BCUT2D eigenvalue weighted by molar-refractivity contribution is 9.11. The van der Waals surface area contributed by atoms with Crippen molar-refractivity contribution < 1.29 is 14.3 Å². The Balaban J connectivity index is 2.21. The standard InChI is InChI=1S/C18H17Br2NO3/c1-11-5-3-4-6-12(11)9-16(18(23)24-2)21-17(22)13-7-14(19)10-15(20)8-13/h3-8,10,16H,9H2,1-2H3,(H,21,22)/t16-/m1/s1. The lowest BCUT2D eigenvalue weighted by molar-refractivity contribution is -0.142. The predicted octanol–water partition coefficient (Wildman–Crippen LogP) is 4.03. The van der Waals surface area contributed by atoms with Crippen LogP contribution in [0.25, 0.3) is 0 Å². The molecule has 2 rings (SSSR count). The molecule has 0 fully saturated rings. The molecule has 0 saturated heterocycles. The smallest absolute Gasteiger partial charge is 0.328 e. The first-order chi connectivity index (χ1) is 11.4. The van der Waals surface area contributed by atoms with Gasteiger partial charge in [0.25, 0.3) is 5.91 Å². The fraction of sp³-hybridized carbons (Fsp3) is 0.222. The molecule has 126 valence electrons. The van der Waals surface area contributed by atoms with Crippen LogP contribution in [0.2, 0.25) is 0 Å². The van der Waals surface area contributed by atoms with Gasteiger partial charge >= 0.3 is 5.97 Å². The molecule has 24 heavy (non-hydrogen) atoms. The number of amides is 1. The molecule has 1 N–H and O–H groups in total. The second kappa shape index (κ2) is 8.44. The summed E-state index contributed by atoms with van der Waals surface area (Å²) in [6, 6.07) is 12.2. The maximum atomic E-state index is 12.5. The van der Waals surface area contributed by atoms with E-state index < -0.39 is 12.0 Å². The van der Waals surface area contributed by atoms with Gasteiger partial charge in [0.2, 0.25) is 0 Å². The lowest BCUT2D eigenvalue weighted by atomic mass is 10.0. The van der Waals surface area contributed by atoms with Crippen LogP contribution < -0.4 is 5.32 Å². The number of methoxy groups -OCH3 is 1. The molecule has 0 unspecified atom stereocenters. The molecule has 6 heteroatoms. The van der Waals surface area contributed by atoms with Gasteiger partial charge in [-0.15, -0.1) is 0 Å². The Labute approximate surface area is 157 Å². The number of hydrogen-bond donors (Lipinski definition) is 1. The number of carbonyl (C=O) groups excluding carboxylic acids is 2. The molecular formula is C18H17Br2NO3. The van der Waals surface area contributed by atoms with E-state index in [0.717, 1.165) is 20.1 Å². The molecule has 1 atom stereocenters. The van der Waals surface area contributed by atoms with Crippen LogP contribution in [-0.4, -0.2) is 25.0 Å². The second-order valence-corrected chi connectivity index (χ2v) is 7.17. The van der Waals surface area contributed by atoms with Gasteiger partial charge in [-0.05, 0) is 36.2 Å². The van der Waals surface area contributed by atoms with Crippen LogP contribution in [0.15, 0.2) is 51.4 Å². The first-order valence-corrected chi connectivity index (χ1v) is 8.88. The van der Waals surface area contributed by atoms with Gasteiger partial charge in [0.1, 0.15) is 6.04 Å². The third kappa shape index (κ3) is 4.92. The minimum atomic E-state index is -0.749. The summed E-state index contributed by atoms with van der Waals surface area (Å²) in [7, 11) is 1.31. The number of aryl methyl sites for hydroxylation is 1.